The standard InChI is InChI=1S/C18H19ClFN3S/c19-16-11-15(7-8-17(16)20)21-18(24)23-10-4-9-22(13-23)12-14-5-2-1-3-6-14/h1-3,5-8,11H,4,9-10,12-13H2,(H,21,24). The Balaban J connectivity index is 1.59. The number of halogens is 2. The smallest absolute Gasteiger partial charge is 0.174 e. The van der Waals surface area contributed by atoms with Crippen LogP contribution in [0.4, 0.5) is 10.1 Å². The zero-order valence-corrected chi connectivity index (χ0v) is 14.8. The van der Waals surface area contributed by atoms with E-state index in [0.29, 0.717) is 10.8 Å². The van der Waals surface area contributed by atoms with E-state index in [0.717, 1.165) is 32.7 Å². The van der Waals surface area contributed by atoms with E-state index < -0.39 is 5.82 Å². The summed E-state index contributed by atoms with van der Waals surface area (Å²) < 4.78 is 13.2. The van der Waals surface area contributed by atoms with Crippen molar-refractivity contribution in [2.75, 3.05) is 25.1 Å². The number of thiocarbonyl (C=S) groups is 1. The van der Waals surface area contributed by atoms with E-state index in [1.54, 1.807) is 12.1 Å². The Morgan fingerprint density at radius 1 is 1.17 bits per heavy atom. The van der Waals surface area contributed by atoms with Gasteiger partial charge in [0, 0.05) is 25.3 Å². The van der Waals surface area contributed by atoms with Gasteiger partial charge in [-0.2, -0.15) is 0 Å². The summed E-state index contributed by atoms with van der Waals surface area (Å²) in [6, 6.07) is 14.9. The van der Waals surface area contributed by atoms with Crippen molar-refractivity contribution in [1.29, 1.82) is 0 Å². The Morgan fingerprint density at radius 2 is 1.96 bits per heavy atom. The van der Waals surface area contributed by atoms with E-state index in [9.17, 15) is 4.39 Å². The van der Waals surface area contributed by atoms with Crippen molar-refractivity contribution in [3.05, 3.63) is 64.9 Å². The first-order valence-corrected chi connectivity index (χ1v) is 8.68. The number of nitrogens with zero attached hydrogens (tertiary/aromatic N) is 2. The second-order valence-corrected chi connectivity index (χ2v) is 6.65. The van der Waals surface area contributed by atoms with Gasteiger partial charge in [0.05, 0.1) is 11.7 Å². The van der Waals surface area contributed by atoms with Crippen molar-refractivity contribution < 1.29 is 4.39 Å². The summed E-state index contributed by atoms with van der Waals surface area (Å²) in [4.78, 5) is 4.49. The van der Waals surface area contributed by atoms with Gasteiger partial charge in [0.2, 0.25) is 0 Å². The average Bonchev–Trinajstić information content (AvgIpc) is 2.59. The van der Waals surface area contributed by atoms with Gasteiger partial charge in [-0.15, -0.1) is 0 Å². The predicted octanol–water partition coefficient (Wildman–Crippen LogP) is 4.34. The van der Waals surface area contributed by atoms with Crippen LogP contribution < -0.4 is 5.32 Å². The highest BCUT2D eigenvalue weighted by Crippen LogP contribution is 2.20. The van der Waals surface area contributed by atoms with Crippen LogP contribution in [-0.4, -0.2) is 34.7 Å². The van der Waals surface area contributed by atoms with Crippen molar-refractivity contribution >= 4 is 34.6 Å². The molecule has 1 aliphatic rings. The third kappa shape index (κ3) is 4.44. The minimum Gasteiger partial charge on any atom is -0.336 e. The summed E-state index contributed by atoms with van der Waals surface area (Å²) in [5, 5.41) is 3.87. The number of anilines is 1. The SMILES string of the molecule is Fc1ccc(NC(=S)N2CCCN(Cc3ccccc3)C2)cc1Cl. The maximum atomic E-state index is 13.2. The number of hydrogen-bond acceptors (Lipinski definition) is 2. The Labute approximate surface area is 152 Å². The number of nitrogens with one attached hydrogen (secondary N) is 1. The molecule has 24 heavy (non-hydrogen) atoms. The molecule has 1 saturated heterocycles. The fourth-order valence-electron chi connectivity index (χ4n) is 2.78. The monoisotopic (exact) mass is 363 g/mol. The lowest BCUT2D eigenvalue weighted by Gasteiger charge is -2.37. The first-order chi connectivity index (χ1) is 11.6. The molecule has 126 valence electrons. The van der Waals surface area contributed by atoms with E-state index in [1.165, 1.54) is 11.6 Å². The highest BCUT2D eigenvalue weighted by Gasteiger charge is 2.19. The summed E-state index contributed by atoms with van der Waals surface area (Å²) in [7, 11) is 0. The molecule has 1 aliphatic heterocycles. The van der Waals surface area contributed by atoms with Crippen LogP contribution in [0.15, 0.2) is 48.5 Å². The van der Waals surface area contributed by atoms with E-state index >= 15 is 0 Å². The molecule has 0 atom stereocenters. The molecule has 0 radical (unpaired) electrons. The van der Waals surface area contributed by atoms with Crippen molar-refractivity contribution in [3.63, 3.8) is 0 Å². The van der Waals surface area contributed by atoms with Crippen LogP contribution in [0.2, 0.25) is 5.02 Å². The Hall–Kier alpha value is -1.69. The van der Waals surface area contributed by atoms with Crippen molar-refractivity contribution in [2.45, 2.75) is 13.0 Å². The predicted molar refractivity (Wildman–Crippen MR) is 101 cm³/mol. The maximum absolute atomic E-state index is 13.2. The second kappa shape index (κ2) is 7.92. The largest absolute Gasteiger partial charge is 0.336 e. The molecule has 0 unspecified atom stereocenters. The molecular formula is C18H19ClFN3S. The fourth-order valence-corrected chi connectivity index (χ4v) is 3.23. The van der Waals surface area contributed by atoms with Gasteiger partial charge in [-0.3, -0.25) is 4.90 Å². The molecule has 0 aromatic heterocycles. The number of rotatable bonds is 3. The normalized spacial score (nSPS) is 15.3. The second-order valence-electron chi connectivity index (χ2n) is 5.86. The van der Waals surface area contributed by atoms with Crippen LogP contribution in [-0.2, 0) is 6.54 Å². The Morgan fingerprint density at radius 3 is 2.71 bits per heavy atom. The van der Waals surface area contributed by atoms with Crippen LogP contribution in [0.3, 0.4) is 0 Å². The van der Waals surface area contributed by atoms with Crippen LogP contribution in [0, 0.1) is 5.82 Å². The summed E-state index contributed by atoms with van der Waals surface area (Å²) in [5.74, 6) is -0.430. The summed E-state index contributed by atoms with van der Waals surface area (Å²) in [5.41, 5.74) is 2.00. The van der Waals surface area contributed by atoms with Crippen molar-refractivity contribution in [2.24, 2.45) is 0 Å². The summed E-state index contributed by atoms with van der Waals surface area (Å²) in [6.45, 7) is 3.64. The third-order valence-electron chi connectivity index (χ3n) is 3.98. The van der Waals surface area contributed by atoms with E-state index in [-0.39, 0.29) is 5.02 Å². The van der Waals surface area contributed by atoms with Crippen molar-refractivity contribution in [1.82, 2.24) is 9.80 Å². The minimum atomic E-state index is -0.430. The van der Waals surface area contributed by atoms with E-state index in [2.05, 4.69) is 39.4 Å². The van der Waals surface area contributed by atoms with Gasteiger partial charge in [0.1, 0.15) is 5.82 Å². The molecule has 2 aromatic carbocycles. The molecule has 3 nitrogen and oxygen atoms in total. The van der Waals surface area contributed by atoms with E-state index in [4.69, 9.17) is 23.8 Å². The zero-order chi connectivity index (χ0) is 16.9. The van der Waals surface area contributed by atoms with Gasteiger partial charge in [-0.1, -0.05) is 41.9 Å². The molecule has 3 rings (SSSR count). The lowest BCUT2D eigenvalue weighted by molar-refractivity contribution is 0.134. The highest BCUT2D eigenvalue weighted by atomic mass is 35.5. The molecule has 2 aromatic rings. The minimum absolute atomic E-state index is 0.0900. The van der Waals surface area contributed by atoms with Gasteiger partial charge in [-0.25, -0.2) is 4.39 Å². The van der Waals surface area contributed by atoms with Gasteiger partial charge in [0.25, 0.3) is 0 Å². The molecule has 0 aliphatic carbocycles. The fraction of sp³-hybridized carbons (Fsp3) is 0.278. The third-order valence-corrected chi connectivity index (χ3v) is 4.63. The lowest BCUT2D eigenvalue weighted by atomic mass is 10.2. The summed E-state index contributed by atoms with van der Waals surface area (Å²) >= 11 is 11.3. The van der Waals surface area contributed by atoms with Crippen LogP contribution in [0.1, 0.15) is 12.0 Å². The molecule has 6 heteroatoms. The van der Waals surface area contributed by atoms with Gasteiger partial charge in [-0.05, 0) is 42.4 Å². The maximum Gasteiger partial charge on any atom is 0.174 e. The highest BCUT2D eigenvalue weighted by molar-refractivity contribution is 7.80. The van der Waals surface area contributed by atoms with Gasteiger partial charge in [0.15, 0.2) is 5.11 Å². The van der Waals surface area contributed by atoms with Crippen molar-refractivity contribution in [3.8, 4) is 0 Å². The first-order valence-electron chi connectivity index (χ1n) is 7.89. The molecule has 0 spiro atoms. The molecule has 1 N–H and O–H groups in total. The molecule has 0 bridgehead atoms. The molecule has 0 saturated carbocycles. The number of benzene rings is 2. The quantitative estimate of drug-likeness (QED) is 0.817. The lowest BCUT2D eigenvalue weighted by Crippen LogP contribution is -2.48. The molecule has 0 amide bonds. The Kier molecular flexibility index (Phi) is 5.66. The first kappa shape index (κ1) is 17.1. The molecular weight excluding hydrogens is 345 g/mol. The topological polar surface area (TPSA) is 18.5 Å². The number of hydrogen-bond donors (Lipinski definition) is 1. The average molecular weight is 364 g/mol. The van der Waals surface area contributed by atoms with Crippen LogP contribution >= 0.6 is 23.8 Å². The summed E-state index contributed by atoms with van der Waals surface area (Å²) in [6.07, 6.45) is 1.05. The van der Waals surface area contributed by atoms with Gasteiger partial charge >= 0.3 is 0 Å². The van der Waals surface area contributed by atoms with Crippen LogP contribution in [0.25, 0.3) is 0 Å². The molecule has 1 fully saturated rings. The van der Waals surface area contributed by atoms with Crippen LogP contribution in [0.5, 0.6) is 0 Å². The zero-order valence-electron chi connectivity index (χ0n) is 13.2. The molecule has 1 heterocycles. The Bertz CT molecular complexity index is 711. The van der Waals surface area contributed by atoms with Gasteiger partial charge < -0.3 is 10.2 Å². The van der Waals surface area contributed by atoms with E-state index in [1.807, 2.05) is 6.07 Å².